The fourth-order valence-corrected chi connectivity index (χ4v) is 11.4. The number of allylic oxidation sites excluding steroid dienone is 2. The molecule has 5 aliphatic rings. The Morgan fingerprint density at radius 3 is 2.21 bits per heavy atom. The Bertz CT molecular complexity index is 1380. The number of hydrogen-bond acceptors (Lipinski definition) is 8. The van der Waals surface area contributed by atoms with Crippen molar-refractivity contribution < 1.29 is 56.3 Å². The van der Waals surface area contributed by atoms with Crippen LogP contribution >= 0.6 is 0 Å². The maximum Gasteiger partial charge on any atom is 0.422 e. The van der Waals surface area contributed by atoms with Crippen LogP contribution in [0.4, 0.5) is 17.6 Å². The zero-order valence-corrected chi connectivity index (χ0v) is 32.9. The molecule has 0 aliphatic heterocycles. The summed E-state index contributed by atoms with van der Waals surface area (Å²) in [5.41, 5.74) is -3.57. The average molecular weight is 759 g/mol. The molecule has 11 atom stereocenters. The van der Waals surface area contributed by atoms with Gasteiger partial charge in [-0.3, -0.25) is 14.8 Å². The topological polar surface area (TPSA) is 108 Å². The van der Waals surface area contributed by atoms with Crippen molar-refractivity contribution in [1.29, 1.82) is 0 Å². The second-order valence-corrected chi connectivity index (χ2v) is 18.6. The standard InChI is InChI=1S/C36H55F3O6.C5H7FO2/c1-9-33(6,28(45-42)26-16-21-15-25(26)24-12-10-11-23(21)24)19-34(7,30(41)43-20-36(37,38)39)18-31(2,3)29(40)44-27-17-22-13-14-35(27,8)32(22,4)5;1-2-5(7)8-4-3-6/h10,12,21-28,42H,9,11,13-20H2,1-8H3;2H,1,3-4H2. The largest absolute Gasteiger partial charge is 0.461 e. The summed E-state index contributed by atoms with van der Waals surface area (Å²) in [7, 11) is 0. The van der Waals surface area contributed by atoms with Crippen molar-refractivity contribution in [3.8, 4) is 0 Å². The molecule has 0 amide bonds. The molecule has 1 N–H and O–H groups in total. The van der Waals surface area contributed by atoms with E-state index >= 15 is 0 Å². The highest BCUT2D eigenvalue weighted by molar-refractivity contribution is 5.81. The summed E-state index contributed by atoms with van der Waals surface area (Å²) in [5.74, 6) is 0.471. The maximum absolute atomic E-state index is 13.9. The summed E-state index contributed by atoms with van der Waals surface area (Å²) in [4.78, 5) is 43.0. The summed E-state index contributed by atoms with van der Waals surface area (Å²) in [6, 6.07) is 0. The van der Waals surface area contributed by atoms with Crippen LogP contribution in [0.3, 0.4) is 0 Å². The smallest absolute Gasteiger partial charge is 0.422 e. The number of alkyl halides is 4. The average Bonchev–Trinajstić information content (AvgIpc) is 3.88. The monoisotopic (exact) mass is 758 g/mol. The van der Waals surface area contributed by atoms with E-state index in [-0.39, 0.29) is 42.3 Å². The summed E-state index contributed by atoms with van der Waals surface area (Å²) in [6.45, 7) is 16.2. The van der Waals surface area contributed by atoms with Gasteiger partial charge in [-0.25, -0.2) is 14.1 Å². The molecule has 8 nitrogen and oxygen atoms in total. The minimum absolute atomic E-state index is 0.0360. The van der Waals surface area contributed by atoms with E-state index in [4.69, 9.17) is 14.4 Å². The number of carbonyl (C=O) groups excluding carboxylic acids is 3. The highest BCUT2D eigenvalue weighted by Crippen LogP contribution is 2.67. The Morgan fingerprint density at radius 2 is 1.68 bits per heavy atom. The van der Waals surface area contributed by atoms with Gasteiger partial charge in [0, 0.05) is 11.5 Å². The Hall–Kier alpha value is -2.47. The number of fused-ring (bicyclic) bond motifs is 7. The van der Waals surface area contributed by atoms with Crippen molar-refractivity contribution in [3.05, 3.63) is 24.8 Å². The van der Waals surface area contributed by atoms with Crippen LogP contribution in [0.25, 0.3) is 0 Å². The molecule has 4 saturated carbocycles. The Balaban J connectivity index is 0.000000703. The third kappa shape index (κ3) is 8.68. The summed E-state index contributed by atoms with van der Waals surface area (Å²) in [6.07, 6.45) is 6.47. The molecular weight excluding hydrogens is 696 g/mol. The third-order valence-electron chi connectivity index (χ3n) is 14.5. The van der Waals surface area contributed by atoms with Crippen LogP contribution in [-0.2, 0) is 33.5 Å². The molecule has 4 fully saturated rings. The van der Waals surface area contributed by atoms with Crippen molar-refractivity contribution in [2.75, 3.05) is 19.9 Å². The molecule has 5 aliphatic carbocycles. The molecule has 0 heterocycles. The van der Waals surface area contributed by atoms with Gasteiger partial charge in [-0.1, -0.05) is 53.3 Å². The van der Waals surface area contributed by atoms with Crippen LogP contribution in [0.5, 0.6) is 0 Å². The fourth-order valence-electron chi connectivity index (χ4n) is 11.4. The number of ether oxygens (including phenoxy) is 3. The number of carbonyl (C=O) groups is 3. The predicted molar refractivity (Wildman–Crippen MR) is 191 cm³/mol. The van der Waals surface area contributed by atoms with Gasteiger partial charge in [0.2, 0.25) is 0 Å². The van der Waals surface area contributed by atoms with E-state index in [1.807, 2.05) is 13.8 Å². The van der Waals surface area contributed by atoms with Gasteiger partial charge in [-0.2, -0.15) is 13.2 Å². The van der Waals surface area contributed by atoms with Gasteiger partial charge in [0.05, 0.1) is 10.8 Å². The molecule has 0 aromatic carbocycles. The molecule has 0 aromatic heterocycles. The van der Waals surface area contributed by atoms with E-state index in [9.17, 15) is 37.2 Å². The van der Waals surface area contributed by atoms with Crippen molar-refractivity contribution in [2.45, 2.75) is 132 Å². The second kappa shape index (κ2) is 15.9. The van der Waals surface area contributed by atoms with E-state index in [0.29, 0.717) is 36.0 Å². The summed E-state index contributed by atoms with van der Waals surface area (Å²) in [5, 5.41) is 10.4. The molecule has 0 spiro atoms. The molecule has 302 valence electrons. The maximum atomic E-state index is 13.9. The molecule has 5 rings (SSSR count). The van der Waals surface area contributed by atoms with Gasteiger partial charge >= 0.3 is 24.1 Å². The Kier molecular flexibility index (Phi) is 13.0. The van der Waals surface area contributed by atoms with Crippen molar-refractivity contribution >= 4 is 17.9 Å². The summed E-state index contributed by atoms with van der Waals surface area (Å²) < 4.78 is 66.3. The molecule has 12 heteroatoms. The third-order valence-corrected chi connectivity index (χ3v) is 14.5. The molecular formula is C41H62F4O8. The van der Waals surface area contributed by atoms with Gasteiger partial charge in [0.15, 0.2) is 6.61 Å². The lowest BCUT2D eigenvalue weighted by Crippen LogP contribution is -2.49. The van der Waals surface area contributed by atoms with Crippen LogP contribution in [0.2, 0.25) is 0 Å². The van der Waals surface area contributed by atoms with Crippen LogP contribution < -0.4 is 0 Å². The second-order valence-electron chi connectivity index (χ2n) is 18.6. The number of esters is 3. The van der Waals surface area contributed by atoms with E-state index < -0.39 is 59.7 Å². The normalized spacial score (nSPS) is 33.6. The predicted octanol–water partition coefficient (Wildman–Crippen LogP) is 9.47. The van der Waals surface area contributed by atoms with Crippen LogP contribution in [0, 0.1) is 62.6 Å². The molecule has 0 aromatic rings. The molecule has 53 heavy (non-hydrogen) atoms. The lowest BCUT2D eigenvalue weighted by molar-refractivity contribution is -0.323. The van der Waals surface area contributed by atoms with Gasteiger partial charge in [0.1, 0.15) is 25.5 Å². The van der Waals surface area contributed by atoms with E-state index in [2.05, 4.69) is 44.2 Å². The zero-order chi connectivity index (χ0) is 39.8. The highest BCUT2D eigenvalue weighted by atomic mass is 19.4. The van der Waals surface area contributed by atoms with Crippen LogP contribution in [0.1, 0.15) is 113 Å². The fraction of sp³-hybridized carbons (Fsp3) is 0.829. The van der Waals surface area contributed by atoms with Crippen molar-refractivity contribution in [1.82, 2.24) is 0 Å². The molecule has 11 unspecified atom stereocenters. The first-order valence-electron chi connectivity index (χ1n) is 19.3. The van der Waals surface area contributed by atoms with Gasteiger partial charge in [-0.15, -0.1) is 0 Å². The first-order chi connectivity index (χ1) is 24.5. The highest BCUT2D eigenvalue weighted by Gasteiger charge is 2.64. The number of halogens is 4. The number of rotatable bonds is 15. The van der Waals surface area contributed by atoms with E-state index in [1.54, 1.807) is 20.8 Å². The minimum atomic E-state index is -4.69. The quantitative estimate of drug-likeness (QED) is 0.0335. The molecule has 0 saturated heterocycles. The Morgan fingerprint density at radius 1 is 1.00 bits per heavy atom. The SMILES string of the molecule is C=CC(=O)OCCF.CCC(C)(CC(C)(CC(C)(C)C(=O)OC1CC2CCC1(C)C2(C)C)C(=O)OCC(F)(F)F)C(OO)C1CC2CC1C1C=CCC21. The van der Waals surface area contributed by atoms with Crippen molar-refractivity contribution in [2.24, 2.45) is 62.6 Å². The van der Waals surface area contributed by atoms with Gasteiger partial charge in [0.25, 0.3) is 0 Å². The number of hydrogen-bond donors (Lipinski definition) is 1. The lowest BCUT2D eigenvalue weighted by atomic mass is 9.60. The summed E-state index contributed by atoms with van der Waals surface area (Å²) >= 11 is 0. The van der Waals surface area contributed by atoms with E-state index in [1.165, 1.54) is 0 Å². The molecule has 4 bridgehead atoms. The zero-order valence-electron chi connectivity index (χ0n) is 32.9. The van der Waals surface area contributed by atoms with E-state index in [0.717, 1.165) is 44.6 Å². The lowest BCUT2D eigenvalue weighted by Gasteiger charge is -2.47. The molecule has 0 radical (unpaired) electrons. The first-order valence-corrected chi connectivity index (χ1v) is 19.3. The Labute approximate surface area is 312 Å². The van der Waals surface area contributed by atoms with Gasteiger partial charge in [-0.05, 0) is 125 Å². The van der Waals surface area contributed by atoms with Crippen LogP contribution in [0.15, 0.2) is 24.8 Å². The van der Waals surface area contributed by atoms with Gasteiger partial charge < -0.3 is 14.2 Å². The van der Waals surface area contributed by atoms with Crippen molar-refractivity contribution in [3.63, 3.8) is 0 Å². The first kappa shape index (κ1) is 43.3. The minimum Gasteiger partial charge on any atom is -0.461 e. The van der Waals surface area contributed by atoms with Crippen LogP contribution in [-0.4, -0.2) is 61.4 Å².